The number of urea groups is 1. The third-order valence-electron chi connectivity index (χ3n) is 5.38. The minimum absolute atomic E-state index is 0.163. The smallest absolute Gasteiger partial charge is 0.317 e. The normalized spacial score (nSPS) is 15.0. The number of benzene rings is 2. The van der Waals surface area contributed by atoms with Crippen LogP contribution in [0.1, 0.15) is 34.5 Å². The molecule has 166 valence electrons. The van der Waals surface area contributed by atoms with Gasteiger partial charge in [-0.1, -0.05) is 6.07 Å². The van der Waals surface area contributed by atoms with Gasteiger partial charge in [0.15, 0.2) is 11.5 Å². The number of nitrogens with zero attached hydrogens (tertiary/aromatic N) is 1. The standard InChI is InChI=1S/C23H29N3O5/c1-5-24-23(28)26-10-9-15-12-20(30-3)21(31-4)13-18(15)19(26)14-25-22(27)16-7-6-8-17(11-16)29-2/h6-8,11-13,19H,5,9-10,14H2,1-4H3,(H,24,28)(H,25,27)/t19-/m0/s1. The van der Waals surface area contributed by atoms with Gasteiger partial charge in [0.05, 0.1) is 27.4 Å². The van der Waals surface area contributed by atoms with Crippen LogP contribution in [0.2, 0.25) is 0 Å². The first-order valence-corrected chi connectivity index (χ1v) is 10.2. The van der Waals surface area contributed by atoms with Crippen molar-refractivity contribution in [1.29, 1.82) is 0 Å². The van der Waals surface area contributed by atoms with Crippen molar-refractivity contribution in [3.63, 3.8) is 0 Å². The molecule has 2 N–H and O–H groups in total. The summed E-state index contributed by atoms with van der Waals surface area (Å²) in [6.07, 6.45) is 0.688. The highest BCUT2D eigenvalue weighted by Gasteiger charge is 2.32. The molecule has 31 heavy (non-hydrogen) atoms. The third-order valence-corrected chi connectivity index (χ3v) is 5.38. The van der Waals surface area contributed by atoms with E-state index in [1.807, 2.05) is 19.1 Å². The zero-order chi connectivity index (χ0) is 22.4. The van der Waals surface area contributed by atoms with E-state index in [9.17, 15) is 9.59 Å². The quantitative estimate of drug-likeness (QED) is 0.709. The monoisotopic (exact) mass is 427 g/mol. The fourth-order valence-electron chi connectivity index (χ4n) is 3.80. The number of amides is 3. The third kappa shape index (κ3) is 4.84. The maximum atomic E-state index is 12.8. The van der Waals surface area contributed by atoms with Crippen molar-refractivity contribution in [1.82, 2.24) is 15.5 Å². The topological polar surface area (TPSA) is 89.1 Å². The average molecular weight is 428 g/mol. The lowest BCUT2D eigenvalue weighted by molar-refractivity contribution is 0.0934. The molecule has 0 unspecified atom stereocenters. The summed E-state index contributed by atoms with van der Waals surface area (Å²) in [4.78, 5) is 27.2. The second-order valence-corrected chi connectivity index (χ2v) is 7.14. The molecule has 3 rings (SSSR count). The number of rotatable bonds is 7. The van der Waals surface area contributed by atoms with E-state index >= 15 is 0 Å². The van der Waals surface area contributed by atoms with Gasteiger partial charge in [0.2, 0.25) is 0 Å². The van der Waals surface area contributed by atoms with E-state index < -0.39 is 0 Å². The lowest BCUT2D eigenvalue weighted by Crippen LogP contribution is -2.49. The SMILES string of the molecule is CCNC(=O)N1CCc2cc(OC)c(OC)cc2[C@@H]1CNC(=O)c1cccc(OC)c1. The number of ether oxygens (including phenoxy) is 3. The summed E-state index contributed by atoms with van der Waals surface area (Å²) in [5.41, 5.74) is 2.49. The molecule has 0 fully saturated rings. The Kier molecular flexibility index (Phi) is 7.23. The molecule has 0 saturated carbocycles. The molecule has 8 nitrogen and oxygen atoms in total. The van der Waals surface area contributed by atoms with E-state index in [1.165, 1.54) is 0 Å². The Labute approximate surface area is 182 Å². The minimum atomic E-state index is -0.343. The van der Waals surface area contributed by atoms with E-state index in [4.69, 9.17) is 14.2 Å². The van der Waals surface area contributed by atoms with Crippen LogP contribution in [0.4, 0.5) is 4.79 Å². The predicted molar refractivity (Wildman–Crippen MR) is 117 cm³/mol. The summed E-state index contributed by atoms with van der Waals surface area (Å²) in [7, 11) is 4.73. The Bertz CT molecular complexity index is 947. The number of methoxy groups -OCH3 is 3. The number of carbonyl (C=O) groups is 2. The van der Waals surface area contributed by atoms with Crippen molar-refractivity contribution in [3.05, 3.63) is 53.1 Å². The van der Waals surface area contributed by atoms with Gasteiger partial charge in [-0.2, -0.15) is 0 Å². The fraction of sp³-hybridized carbons (Fsp3) is 0.391. The van der Waals surface area contributed by atoms with Crippen LogP contribution in [0.15, 0.2) is 36.4 Å². The molecule has 2 aromatic carbocycles. The first-order chi connectivity index (χ1) is 15.0. The van der Waals surface area contributed by atoms with Crippen molar-refractivity contribution in [2.75, 3.05) is 41.0 Å². The molecule has 0 bridgehead atoms. The summed E-state index contributed by atoms with van der Waals surface area (Å²) in [5, 5.41) is 5.83. The number of hydrogen-bond acceptors (Lipinski definition) is 5. The fourth-order valence-corrected chi connectivity index (χ4v) is 3.80. The molecular formula is C23H29N3O5. The van der Waals surface area contributed by atoms with Crippen LogP contribution in [0.3, 0.4) is 0 Å². The van der Waals surface area contributed by atoms with Gasteiger partial charge in [0, 0.05) is 25.2 Å². The minimum Gasteiger partial charge on any atom is -0.497 e. The van der Waals surface area contributed by atoms with Crippen molar-refractivity contribution in [3.8, 4) is 17.2 Å². The molecule has 0 radical (unpaired) electrons. The summed E-state index contributed by atoms with van der Waals surface area (Å²) in [6, 6.07) is 10.3. The highest BCUT2D eigenvalue weighted by molar-refractivity contribution is 5.94. The van der Waals surface area contributed by atoms with Crippen LogP contribution >= 0.6 is 0 Å². The molecular weight excluding hydrogens is 398 g/mol. The van der Waals surface area contributed by atoms with Gasteiger partial charge in [-0.25, -0.2) is 4.79 Å². The zero-order valence-electron chi connectivity index (χ0n) is 18.4. The molecule has 0 spiro atoms. The first-order valence-electron chi connectivity index (χ1n) is 10.2. The van der Waals surface area contributed by atoms with E-state index in [1.54, 1.807) is 50.5 Å². The zero-order valence-corrected chi connectivity index (χ0v) is 18.4. The van der Waals surface area contributed by atoms with Crippen LogP contribution in [-0.4, -0.2) is 57.8 Å². The van der Waals surface area contributed by atoms with E-state index in [-0.39, 0.29) is 24.5 Å². The molecule has 1 atom stereocenters. The van der Waals surface area contributed by atoms with Crippen LogP contribution in [0.25, 0.3) is 0 Å². The molecule has 1 aliphatic heterocycles. The summed E-state index contributed by atoms with van der Waals surface area (Å²) >= 11 is 0. The van der Waals surface area contributed by atoms with E-state index in [0.29, 0.717) is 42.3 Å². The van der Waals surface area contributed by atoms with Crippen LogP contribution in [0.5, 0.6) is 17.2 Å². The van der Waals surface area contributed by atoms with Crippen molar-refractivity contribution >= 4 is 11.9 Å². The average Bonchev–Trinajstić information content (AvgIpc) is 2.81. The maximum Gasteiger partial charge on any atom is 0.317 e. The molecule has 1 heterocycles. The second kappa shape index (κ2) is 10.1. The van der Waals surface area contributed by atoms with Crippen LogP contribution in [0, 0.1) is 0 Å². The van der Waals surface area contributed by atoms with E-state index in [0.717, 1.165) is 11.1 Å². The largest absolute Gasteiger partial charge is 0.497 e. The Morgan fingerprint density at radius 1 is 1.03 bits per heavy atom. The molecule has 0 aliphatic carbocycles. The number of hydrogen-bond donors (Lipinski definition) is 2. The van der Waals surface area contributed by atoms with Gasteiger partial charge < -0.3 is 29.7 Å². The number of fused-ring (bicyclic) bond motifs is 1. The van der Waals surface area contributed by atoms with Crippen molar-refractivity contribution in [2.45, 2.75) is 19.4 Å². The van der Waals surface area contributed by atoms with Gasteiger partial charge >= 0.3 is 6.03 Å². The van der Waals surface area contributed by atoms with Gasteiger partial charge in [-0.05, 0) is 54.8 Å². The lowest BCUT2D eigenvalue weighted by atomic mass is 9.91. The van der Waals surface area contributed by atoms with E-state index in [2.05, 4.69) is 10.6 Å². The molecule has 0 saturated heterocycles. The predicted octanol–water partition coefficient (Wildman–Crippen LogP) is 2.77. The molecule has 1 aliphatic rings. The molecule has 3 amide bonds. The Morgan fingerprint density at radius 2 is 1.77 bits per heavy atom. The summed E-state index contributed by atoms with van der Waals surface area (Å²) in [5.74, 6) is 1.61. The van der Waals surface area contributed by atoms with Crippen molar-refractivity contribution < 1.29 is 23.8 Å². The first kappa shape index (κ1) is 22.3. The Balaban J connectivity index is 1.89. The van der Waals surface area contributed by atoms with Gasteiger partial charge in [0.25, 0.3) is 5.91 Å². The summed E-state index contributed by atoms with van der Waals surface area (Å²) < 4.78 is 16.1. The van der Waals surface area contributed by atoms with Gasteiger partial charge in [-0.15, -0.1) is 0 Å². The lowest BCUT2D eigenvalue weighted by Gasteiger charge is -2.37. The molecule has 2 aromatic rings. The Hall–Kier alpha value is -3.42. The highest BCUT2D eigenvalue weighted by Crippen LogP contribution is 2.38. The van der Waals surface area contributed by atoms with Gasteiger partial charge in [-0.3, -0.25) is 4.79 Å². The van der Waals surface area contributed by atoms with Crippen molar-refractivity contribution in [2.24, 2.45) is 0 Å². The molecule has 8 heteroatoms. The second-order valence-electron chi connectivity index (χ2n) is 7.14. The number of nitrogens with one attached hydrogen (secondary N) is 2. The Morgan fingerprint density at radius 3 is 2.45 bits per heavy atom. The number of carbonyl (C=O) groups excluding carboxylic acids is 2. The molecule has 0 aromatic heterocycles. The van der Waals surface area contributed by atoms with Crippen LogP contribution < -0.4 is 24.8 Å². The van der Waals surface area contributed by atoms with Gasteiger partial charge in [0.1, 0.15) is 5.75 Å². The highest BCUT2D eigenvalue weighted by atomic mass is 16.5. The maximum absolute atomic E-state index is 12.8. The van der Waals surface area contributed by atoms with Crippen LogP contribution in [-0.2, 0) is 6.42 Å². The summed E-state index contributed by atoms with van der Waals surface area (Å²) in [6.45, 7) is 3.20.